The number of para-hydroxylation sites is 3. The van der Waals surface area contributed by atoms with Crippen LogP contribution in [0.15, 0.2) is 139 Å². The lowest BCUT2D eigenvalue weighted by Crippen LogP contribution is -2.19. The molecule has 0 saturated heterocycles. The number of rotatable bonds is 2. The van der Waals surface area contributed by atoms with Gasteiger partial charge in [-0.1, -0.05) is 60.7 Å². The molecule has 0 N–H and O–H groups in total. The molecule has 0 radical (unpaired) electrons. The lowest BCUT2D eigenvalue weighted by molar-refractivity contribution is 0.570. The Labute approximate surface area is 229 Å². The molecule has 1 aliphatic heterocycles. The van der Waals surface area contributed by atoms with Gasteiger partial charge in [0.2, 0.25) is 19.7 Å². The summed E-state index contributed by atoms with van der Waals surface area (Å²) in [5.74, 6) is 0.446. The smallest absolute Gasteiger partial charge is 0.209 e. The van der Waals surface area contributed by atoms with Crippen LogP contribution >= 0.6 is 0 Å². The minimum Gasteiger partial charge on any atom is -0.454 e. The fourth-order valence-electron chi connectivity index (χ4n) is 5.83. The molecule has 0 amide bonds. The number of nitrogens with zero attached hydrogens (tertiary/aromatic N) is 1. The van der Waals surface area contributed by atoms with Crippen molar-refractivity contribution < 1.29 is 21.3 Å². The normalized spacial score (nSPS) is 15.3. The summed E-state index contributed by atoms with van der Waals surface area (Å²) in [6.45, 7) is 0. The van der Waals surface area contributed by atoms with Gasteiger partial charge in [-0.15, -0.1) is 0 Å². The van der Waals surface area contributed by atoms with E-state index in [-0.39, 0.29) is 19.6 Å². The third-order valence-corrected chi connectivity index (χ3v) is 11.6. The van der Waals surface area contributed by atoms with Crippen LogP contribution in [0.4, 0.5) is 0 Å². The molecule has 0 unspecified atom stereocenters. The molecule has 0 bridgehead atoms. The Morgan fingerprint density at radius 2 is 1.00 bits per heavy atom. The van der Waals surface area contributed by atoms with Gasteiger partial charge in [0.1, 0.15) is 11.3 Å². The highest BCUT2D eigenvalue weighted by Gasteiger charge is 2.39. The van der Waals surface area contributed by atoms with Crippen LogP contribution in [0.1, 0.15) is 0 Å². The number of sulfone groups is 2. The number of hydrogen-bond acceptors (Lipinski definition) is 5. The monoisotopic (exact) mass is 561 g/mol. The van der Waals surface area contributed by atoms with E-state index in [0.717, 1.165) is 32.9 Å². The Bertz CT molecular complexity index is 2360. The molecule has 5 aromatic carbocycles. The number of aromatic nitrogens is 1. The summed E-state index contributed by atoms with van der Waals surface area (Å²) >= 11 is 0. The molecule has 40 heavy (non-hydrogen) atoms. The van der Waals surface area contributed by atoms with E-state index < -0.39 is 19.7 Å². The first kappa shape index (κ1) is 23.2. The molecule has 2 aromatic heterocycles. The summed E-state index contributed by atoms with van der Waals surface area (Å²) in [6, 6.07) is 34.0. The van der Waals surface area contributed by atoms with Crippen LogP contribution in [0.25, 0.3) is 49.8 Å². The molecule has 0 aliphatic carbocycles. The zero-order chi connectivity index (χ0) is 27.2. The minimum atomic E-state index is -4.10. The first-order chi connectivity index (χ1) is 19.4. The Kier molecular flexibility index (Phi) is 4.61. The van der Waals surface area contributed by atoms with Gasteiger partial charge in [0, 0.05) is 21.7 Å². The van der Waals surface area contributed by atoms with Crippen LogP contribution < -0.4 is 0 Å². The molecule has 0 saturated carbocycles. The van der Waals surface area contributed by atoms with Crippen molar-refractivity contribution in [3.63, 3.8) is 0 Å². The number of benzene rings is 5. The maximum atomic E-state index is 13.7. The van der Waals surface area contributed by atoms with Gasteiger partial charge in [-0.2, -0.15) is 0 Å². The van der Waals surface area contributed by atoms with Crippen LogP contribution in [0.5, 0.6) is 0 Å². The molecular weight excluding hydrogens is 542 g/mol. The van der Waals surface area contributed by atoms with Gasteiger partial charge in [-0.05, 0) is 54.6 Å². The summed E-state index contributed by atoms with van der Waals surface area (Å²) in [5, 5.41) is 3.00. The van der Waals surface area contributed by atoms with E-state index in [9.17, 15) is 16.8 Å². The van der Waals surface area contributed by atoms with Crippen molar-refractivity contribution in [1.29, 1.82) is 0 Å². The fraction of sp³-hybridized carbons (Fsp3) is 0. The Hall–Kier alpha value is -4.66. The van der Waals surface area contributed by atoms with E-state index in [1.807, 2.05) is 60.7 Å². The standard InChI is InChI=1S/C32H19NO5S2/c34-39(35)27-15-7-8-16-28(27)40(36,37)30-19-20(17-18-29(30)39)32-31(23-11-3-6-14-26(23)38-32)33-24-12-4-1-9-21(24)22-10-2-5-13-25(22)33/h1-19H. The van der Waals surface area contributed by atoms with Crippen molar-refractivity contribution >= 4 is 52.4 Å². The van der Waals surface area contributed by atoms with Crippen molar-refractivity contribution in [2.75, 3.05) is 0 Å². The third-order valence-electron chi connectivity index (χ3n) is 7.59. The maximum Gasteiger partial charge on any atom is 0.209 e. The van der Waals surface area contributed by atoms with E-state index in [1.54, 1.807) is 6.07 Å². The molecule has 6 nitrogen and oxygen atoms in total. The molecular formula is C32H19NO5S2. The quantitative estimate of drug-likeness (QED) is 0.223. The molecule has 8 rings (SSSR count). The number of hydrogen-bond donors (Lipinski definition) is 0. The topological polar surface area (TPSA) is 86.3 Å². The van der Waals surface area contributed by atoms with E-state index in [1.165, 1.54) is 36.4 Å². The first-order valence-electron chi connectivity index (χ1n) is 12.6. The zero-order valence-corrected chi connectivity index (χ0v) is 22.4. The summed E-state index contributed by atoms with van der Waals surface area (Å²) < 4.78 is 62.8. The van der Waals surface area contributed by atoms with Crippen molar-refractivity contribution in [3.8, 4) is 17.0 Å². The van der Waals surface area contributed by atoms with Gasteiger partial charge >= 0.3 is 0 Å². The van der Waals surface area contributed by atoms with Gasteiger partial charge in [-0.3, -0.25) is 0 Å². The van der Waals surface area contributed by atoms with Crippen molar-refractivity contribution in [2.24, 2.45) is 0 Å². The van der Waals surface area contributed by atoms with Crippen LogP contribution in [0.2, 0.25) is 0 Å². The van der Waals surface area contributed by atoms with Gasteiger partial charge in [0.15, 0.2) is 5.76 Å². The number of fused-ring (bicyclic) bond motifs is 6. The first-order valence-corrected chi connectivity index (χ1v) is 15.6. The van der Waals surface area contributed by atoms with Crippen LogP contribution in [0.3, 0.4) is 0 Å². The summed E-state index contributed by atoms with van der Waals surface area (Å²) in [6.07, 6.45) is 0. The second-order valence-corrected chi connectivity index (χ2v) is 13.5. The highest BCUT2D eigenvalue weighted by molar-refractivity contribution is 7.97. The minimum absolute atomic E-state index is 0.204. The lowest BCUT2D eigenvalue weighted by atomic mass is 10.1. The molecule has 1 aliphatic rings. The largest absolute Gasteiger partial charge is 0.454 e. The zero-order valence-electron chi connectivity index (χ0n) is 20.8. The second-order valence-electron chi connectivity index (χ2n) is 9.76. The van der Waals surface area contributed by atoms with Crippen molar-refractivity contribution in [2.45, 2.75) is 19.6 Å². The predicted molar refractivity (Wildman–Crippen MR) is 153 cm³/mol. The Morgan fingerprint density at radius 3 is 1.65 bits per heavy atom. The van der Waals surface area contributed by atoms with Gasteiger partial charge in [0.25, 0.3) is 0 Å². The average Bonchev–Trinajstić information content (AvgIpc) is 3.52. The molecule has 0 spiro atoms. The maximum absolute atomic E-state index is 13.7. The van der Waals surface area contributed by atoms with Crippen LogP contribution in [-0.4, -0.2) is 21.4 Å². The summed E-state index contributed by atoms with van der Waals surface area (Å²) in [7, 11) is -8.12. The van der Waals surface area contributed by atoms with Crippen molar-refractivity contribution in [3.05, 3.63) is 115 Å². The highest BCUT2D eigenvalue weighted by atomic mass is 32.2. The van der Waals surface area contributed by atoms with E-state index >= 15 is 0 Å². The molecule has 194 valence electrons. The highest BCUT2D eigenvalue weighted by Crippen LogP contribution is 2.45. The number of furan rings is 1. The van der Waals surface area contributed by atoms with Crippen molar-refractivity contribution in [1.82, 2.24) is 4.57 Å². The van der Waals surface area contributed by atoms with Gasteiger partial charge in [0.05, 0.1) is 30.6 Å². The van der Waals surface area contributed by atoms with E-state index in [2.05, 4.69) is 16.7 Å². The summed E-state index contributed by atoms with van der Waals surface area (Å²) in [5.41, 5.74) is 3.79. The van der Waals surface area contributed by atoms with Gasteiger partial charge in [-0.25, -0.2) is 16.8 Å². The predicted octanol–water partition coefficient (Wildman–Crippen LogP) is 7.18. The Morgan fingerprint density at radius 1 is 0.500 bits per heavy atom. The molecule has 3 heterocycles. The molecule has 7 aromatic rings. The molecule has 0 atom stereocenters. The van der Waals surface area contributed by atoms with Gasteiger partial charge < -0.3 is 8.98 Å². The fourth-order valence-corrected chi connectivity index (χ4v) is 9.98. The van der Waals surface area contributed by atoms with E-state index in [4.69, 9.17) is 4.42 Å². The van der Waals surface area contributed by atoms with E-state index in [0.29, 0.717) is 16.9 Å². The second kappa shape index (κ2) is 7.94. The lowest BCUT2D eigenvalue weighted by Gasteiger charge is -2.20. The molecule has 8 heteroatoms. The molecule has 0 fully saturated rings. The average molecular weight is 562 g/mol. The summed E-state index contributed by atoms with van der Waals surface area (Å²) in [4.78, 5) is -0.904. The Balaban J connectivity index is 1.48. The van der Waals surface area contributed by atoms with Crippen LogP contribution in [0, 0.1) is 0 Å². The SMILES string of the molecule is O=S1(=O)c2ccccc2S(=O)(=O)c2cc(-c3oc4ccccc4c3-n3c4ccccc4c4ccccc43)ccc21. The van der Waals surface area contributed by atoms with Crippen LogP contribution in [-0.2, 0) is 19.7 Å². The third kappa shape index (κ3) is 2.97.